The van der Waals surface area contributed by atoms with Crippen molar-refractivity contribution in [2.45, 2.75) is 25.5 Å². The molecule has 1 N–H and O–H groups in total. The third kappa shape index (κ3) is 3.05. The van der Waals surface area contributed by atoms with Crippen LogP contribution in [0, 0.1) is 0 Å². The van der Waals surface area contributed by atoms with E-state index in [1.165, 1.54) is 4.88 Å². The second-order valence-electron chi connectivity index (χ2n) is 4.78. The van der Waals surface area contributed by atoms with E-state index in [-0.39, 0.29) is 12.0 Å². The van der Waals surface area contributed by atoms with Crippen molar-refractivity contribution in [3.8, 4) is 10.4 Å². The SMILES string of the molecule is O=C(NCc1cncc(-c2cccs2)c1)C1CCCO1. The lowest BCUT2D eigenvalue weighted by Crippen LogP contribution is -2.33. The van der Waals surface area contributed by atoms with Crippen LogP contribution in [0.25, 0.3) is 10.4 Å². The maximum atomic E-state index is 11.9. The molecule has 0 bridgehead atoms. The van der Waals surface area contributed by atoms with Crippen molar-refractivity contribution in [3.05, 3.63) is 41.5 Å². The number of rotatable bonds is 4. The zero-order chi connectivity index (χ0) is 13.8. The van der Waals surface area contributed by atoms with Crippen LogP contribution in [0.4, 0.5) is 0 Å². The molecule has 2 aromatic rings. The smallest absolute Gasteiger partial charge is 0.249 e. The summed E-state index contributed by atoms with van der Waals surface area (Å²) in [7, 11) is 0. The van der Waals surface area contributed by atoms with Gasteiger partial charge in [0, 0.05) is 36.0 Å². The highest BCUT2D eigenvalue weighted by atomic mass is 32.1. The number of hydrogen-bond donors (Lipinski definition) is 1. The third-order valence-electron chi connectivity index (χ3n) is 3.29. The van der Waals surface area contributed by atoms with Gasteiger partial charge in [-0.05, 0) is 35.9 Å². The van der Waals surface area contributed by atoms with Gasteiger partial charge in [0.15, 0.2) is 0 Å². The summed E-state index contributed by atoms with van der Waals surface area (Å²) in [6, 6.07) is 6.15. The number of ether oxygens (including phenoxy) is 1. The van der Waals surface area contributed by atoms with Crippen molar-refractivity contribution < 1.29 is 9.53 Å². The molecule has 1 amide bonds. The fraction of sp³-hybridized carbons (Fsp3) is 0.333. The zero-order valence-electron chi connectivity index (χ0n) is 11.0. The first-order chi connectivity index (χ1) is 9.83. The molecule has 3 heterocycles. The van der Waals surface area contributed by atoms with Gasteiger partial charge in [-0.15, -0.1) is 11.3 Å². The number of aromatic nitrogens is 1. The largest absolute Gasteiger partial charge is 0.368 e. The van der Waals surface area contributed by atoms with Crippen molar-refractivity contribution in [1.82, 2.24) is 10.3 Å². The van der Waals surface area contributed by atoms with Crippen LogP contribution < -0.4 is 5.32 Å². The van der Waals surface area contributed by atoms with Gasteiger partial charge in [-0.2, -0.15) is 0 Å². The Hall–Kier alpha value is -1.72. The summed E-state index contributed by atoms with van der Waals surface area (Å²) >= 11 is 1.68. The molecule has 0 aliphatic carbocycles. The maximum Gasteiger partial charge on any atom is 0.249 e. The minimum absolute atomic E-state index is 0.0240. The molecule has 20 heavy (non-hydrogen) atoms. The summed E-state index contributed by atoms with van der Waals surface area (Å²) in [5, 5.41) is 4.96. The van der Waals surface area contributed by atoms with Gasteiger partial charge in [-0.25, -0.2) is 0 Å². The number of thiophene rings is 1. The first kappa shape index (κ1) is 13.3. The van der Waals surface area contributed by atoms with Crippen LogP contribution in [0.5, 0.6) is 0 Å². The molecule has 0 spiro atoms. The van der Waals surface area contributed by atoms with E-state index < -0.39 is 0 Å². The molecule has 1 aliphatic rings. The van der Waals surface area contributed by atoms with E-state index in [0.717, 1.165) is 24.0 Å². The van der Waals surface area contributed by atoms with E-state index in [1.54, 1.807) is 17.5 Å². The molecule has 4 nitrogen and oxygen atoms in total. The lowest BCUT2D eigenvalue weighted by molar-refractivity contribution is -0.130. The standard InChI is InChI=1S/C15H16N2O2S/c18-15(13-3-1-5-19-13)17-9-11-7-12(10-16-8-11)14-4-2-6-20-14/h2,4,6-8,10,13H,1,3,5,9H2,(H,17,18). The second-order valence-corrected chi connectivity index (χ2v) is 5.73. The minimum atomic E-state index is -0.275. The fourth-order valence-corrected chi connectivity index (χ4v) is 2.96. The van der Waals surface area contributed by atoms with Crippen LogP contribution in [0.1, 0.15) is 18.4 Å². The first-order valence-corrected chi connectivity index (χ1v) is 7.58. The highest BCUT2D eigenvalue weighted by Crippen LogP contribution is 2.24. The van der Waals surface area contributed by atoms with Gasteiger partial charge in [0.05, 0.1) is 0 Å². The van der Waals surface area contributed by atoms with Gasteiger partial charge in [0.25, 0.3) is 0 Å². The minimum Gasteiger partial charge on any atom is -0.368 e. The van der Waals surface area contributed by atoms with Gasteiger partial charge in [-0.1, -0.05) is 6.07 Å². The quantitative estimate of drug-likeness (QED) is 0.941. The molecule has 1 unspecified atom stereocenters. The maximum absolute atomic E-state index is 11.9. The summed E-state index contributed by atoms with van der Waals surface area (Å²) in [6.07, 6.45) is 5.14. The van der Waals surface area contributed by atoms with Crippen LogP contribution in [-0.2, 0) is 16.1 Å². The Labute approximate surface area is 121 Å². The molecule has 0 radical (unpaired) electrons. The van der Waals surface area contributed by atoms with E-state index in [2.05, 4.69) is 22.4 Å². The lowest BCUT2D eigenvalue weighted by Gasteiger charge is -2.10. The highest BCUT2D eigenvalue weighted by Gasteiger charge is 2.22. The fourth-order valence-electron chi connectivity index (χ4n) is 2.25. The average molecular weight is 288 g/mol. The average Bonchev–Trinajstić information content (AvgIpc) is 3.17. The number of carbonyl (C=O) groups is 1. The summed E-state index contributed by atoms with van der Waals surface area (Å²) in [6.45, 7) is 1.18. The van der Waals surface area contributed by atoms with Gasteiger partial charge >= 0.3 is 0 Å². The molecule has 2 aromatic heterocycles. The molecule has 1 atom stereocenters. The summed E-state index contributed by atoms with van der Waals surface area (Å²) < 4.78 is 5.36. The van der Waals surface area contributed by atoms with E-state index in [0.29, 0.717) is 13.2 Å². The van der Waals surface area contributed by atoms with E-state index in [1.807, 2.05) is 17.6 Å². The number of pyridine rings is 1. The van der Waals surface area contributed by atoms with Crippen LogP contribution in [0.3, 0.4) is 0 Å². The normalized spacial score (nSPS) is 18.1. The number of carbonyl (C=O) groups excluding carboxylic acids is 1. The third-order valence-corrected chi connectivity index (χ3v) is 4.21. The Kier molecular flexibility index (Phi) is 4.08. The molecule has 5 heteroatoms. The molecule has 0 saturated carbocycles. The monoisotopic (exact) mass is 288 g/mol. The predicted octanol–water partition coefficient (Wildman–Crippen LogP) is 2.61. The Morgan fingerprint density at radius 3 is 3.20 bits per heavy atom. The molecular formula is C15H16N2O2S. The van der Waals surface area contributed by atoms with Crippen LogP contribution in [-0.4, -0.2) is 23.6 Å². The van der Waals surface area contributed by atoms with Crippen LogP contribution in [0.2, 0.25) is 0 Å². The summed E-state index contributed by atoms with van der Waals surface area (Å²) in [5.74, 6) is -0.0240. The summed E-state index contributed by atoms with van der Waals surface area (Å²) in [5.41, 5.74) is 2.09. The van der Waals surface area contributed by atoms with Gasteiger partial charge in [0.1, 0.15) is 6.10 Å². The highest BCUT2D eigenvalue weighted by molar-refractivity contribution is 7.13. The topological polar surface area (TPSA) is 51.2 Å². The molecule has 0 aromatic carbocycles. The summed E-state index contributed by atoms with van der Waals surface area (Å²) in [4.78, 5) is 17.3. The molecule has 1 saturated heterocycles. The number of amides is 1. The van der Waals surface area contributed by atoms with Gasteiger partial charge in [-0.3, -0.25) is 9.78 Å². The Balaban J connectivity index is 1.63. The number of hydrogen-bond acceptors (Lipinski definition) is 4. The number of nitrogens with zero attached hydrogens (tertiary/aromatic N) is 1. The van der Waals surface area contributed by atoms with Crippen molar-refractivity contribution >= 4 is 17.2 Å². The molecule has 1 fully saturated rings. The second kappa shape index (κ2) is 6.15. The van der Waals surface area contributed by atoms with Crippen molar-refractivity contribution in [3.63, 3.8) is 0 Å². The van der Waals surface area contributed by atoms with Crippen LogP contribution >= 0.6 is 11.3 Å². The van der Waals surface area contributed by atoms with E-state index in [4.69, 9.17) is 4.74 Å². The lowest BCUT2D eigenvalue weighted by atomic mass is 10.1. The predicted molar refractivity (Wildman–Crippen MR) is 78.4 cm³/mol. The molecule has 3 rings (SSSR count). The zero-order valence-corrected chi connectivity index (χ0v) is 11.9. The van der Waals surface area contributed by atoms with Crippen molar-refractivity contribution in [2.24, 2.45) is 0 Å². The molecule has 1 aliphatic heterocycles. The van der Waals surface area contributed by atoms with Crippen LogP contribution in [0.15, 0.2) is 36.0 Å². The first-order valence-electron chi connectivity index (χ1n) is 6.70. The molecule has 104 valence electrons. The van der Waals surface area contributed by atoms with Crippen molar-refractivity contribution in [2.75, 3.05) is 6.61 Å². The van der Waals surface area contributed by atoms with E-state index in [9.17, 15) is 4.79 Å². The van der Waals surface area contributed by atoms with Gasteiger partial charge in [0.2, 0.25) is 5.91 Å². The van der Waals surface area contributed by atoms with Gasteiger partial charge < -0.3 is 10.1 Å². The Bertz CT molecular complexity index is 577. The Morgan fingerprint density at radius 1 is 1.50 bits per heavy atom. The number of nitrogens with one attached hydrogen (secondary N) is 1. The van der Waals surface area contributed by atoms with E-state index >= 15 is 0 Å². The molecular weight excluding hydrogens is 272 g/mol. The van der Waals surface area contributed by atoms with Crippen molar-refractivity contribution in [1.29, 1.82) is 0 Å². The Morgan fingerprint density at radius 2 is 2.45 bits per heavy atom.